The Morgan fingerprint density at radius 2 is 1.93 bits per heavy atom. The predicted molar refractivity (Wildman–Crippen MR) is 53.3 cm³/mol. The second-order valence-corrected chi connectivity index (χ2v) is 2.56. The van der Waals surface area contributed by atoms with Crippen LogP contribution in [0.25, 0.3) is 0 Å². The first-order chi connectivity index (χ1) is 6.56. The highest BCUT2D eigenvalue weighted by Gasteiger charge is 2.22. The van der Waals surface area contributed by atoms with Crippen molar-refractivity contribution in [3.05, 3.63) is 0 Å². The SMILES string of the molecule is COC(=O)[C@H](CO)NC(=O)[C@@H](N)CO.Cl. The Morgan fingerprint density at radius 3 is 2.27 bits per heavy atom. The summed E-state index contributed by atoms with van der Waals surface area (Å²) < 4.78 is 4.30. The zero-order valence-corrected chi connectivity index (χ0v) is 8.99. The first-order valence-corrected chi connectivity index (χ1v) is 3.92. The van der Waals surface area contributed by atoms with Crippen molar-refractivity contribution >= 4 is 24.3 Å². The van der Waals surface area contributed by atoms with Gasteiger partial charge in [-0.05, 0) is 0 Å². The molecule has 0 aromatic rings. The molecule has 0 saturated carbocycles. The molecule has 7 nitrogen and oxygen atoms in total. The molecule has 5 N–H and O–H groups in total. The molecule has 1 amide bonds. The minimum atomic E-state index is -1.15. The number of esters is 1. The molecule has 2 atom stereocenters. The van der Waals surface area contributed by atoms with Gasteiger partial charge in [0.15, 0.2) is 6.04 Å². The molecule has 0 rings (SSSR count). The summed E-state index contributed by atoms with van der Waals surface area (Å²) in [5, 5.41) is 19.4. The van der Waals surface area contributed by atoms with E-state index in [1.165, 1.54) is 0 Å². The van der Waals surface area contributed by atoms with Gasteiger partial charge in [-0.15, -0.1) is 12.4 Å². The Kier molecular flexibility index (Phi) is 9.28. The molecular weight excluding hydrogens is 228 g/mol. The molecule has 0 bridgehead atoms. The van der Waals surface area contributed by atoms with Crippen molar-refractivity contribution in [3.63, 3.8) is 0 Å². The van der Waals surface area contributed by atoms with Gasteiger partial charge in [0.2, 0.25) is 5.91 Å². The summed E-state index contributed by atoms with van der Waals surface area (Å²) in [5.74, 6) is -1.50. The normalized spacial score (nSPS) is 13.3. The molecule has 0 aromatic carbocycles. The Balaban J connectivity index is 0. The number of carbonyl (C=O) groups excluding carboxylic acids is 2. The number of aliphatic hydroxyl groups excluding tert-OH is 2. The molecular formula is C7H15ClN2O5. The summed E-state index contributed by atoms with van der Waals surface area (Å²) in [6, 6.07) is -2.26. The van der Waals surface area contributed by atoms with Crippen LogP contribution >= 0.6 is 12.4 Å². The van der Waals surface area contributed by atoms with Crippen molar-refractivity contribution in [2.45, 2.75) is 12.1 Å². The minimum Gasteiger partial charge on any atom is -0.467 e. The number of rotatable bonds is 5. The van der Waals surface area contributed by atoms with Gasteiger partial charge < -0.3 is 26.0 Å². The Morgan fingerprint density at radius 1 is 1.40 bits per heavy atom. The molecule has 0 unspecified atom stereocenters. The smallest absolute Gasteiger partial charge is 0.330 e. The predicted octanol–water partition coefficient (Wildman–Crippen LogP) is -2.62. The zero-order chi connectivity index (χ0) is 11.1. The summed E-state index contributed by atoms with van der Waals surface area (Å²) in [7, 11) is 1.13. The fourth-order valence-corrected chi connectivity index (χ4v) is 0.683. The molecule has 15 heavy (non-hydrogen) atoms. The van der Waals surface area contributed by atoms with Gasteiger partial charge in [-0.3, -0.25) is 4.79 Å². The van der Waals surface area contributed by atoms with E-state index in [4.69, 9.17) is 15.9 Å². The summed E-state index contributed by atoms with van der Waals surface area (Å²) in [6.45, 7) is -1.12. The average molecular weight is 243 g/mol. The van der Waals surface area contributed by atoms with Crippen LogP contribution in [0.3, 0.4) is 0 Å². The fraction of sp³-hybridized carbons (Fsp3) is 0.714. The van der Waals surface area contributed by atoms with E-state index in [2.05, 4.69) is 10.1 Å². The van der Waals surface area contributed by atoms with Gasteiger partial charge in [0, 0.05) is 0 Å². The van der Waals surface area contributed by atoms with E-state index < -0.39 is 37.2 Å². The van der Waals surface area contributed by atoms with Crippen molar-refractivity contribution < 1.29 is 24.5 Å². The first kappa shape index (κ1) is 16.5. The average Bonchev–Trinajstić information content (AvgIpc) is 2.22. The van der Waals surface area contributed by atoms with E-state index in [1.807, 2.05) is 0 Å². The number of aliphatic hydroxyl groups is 2. The van der Waals surface area contributed by atoms with Gasteiger partial charge in [0.25, 0.3) is 0 Å². The van der Waals surface area contributed by atoms with Gasteiger partial charge in [-0.25, -0.2) is 4.79 Å². The van der Waals surface area contributed by atoms with Crippen LogP contribution in [0.2, 0.25) is 0 Å². The number of halogens is 1. The molecule has 0 spiro atoms. The lowest BCUT2D eigenvalue weighted by molar-refractivity contribution is -0.146. The van der Waals surface area contributed by atoms with Crippen molar-refractivity contribution in [2.24, 2.45) is 5.73 Å². The molecule has 0 aliphatic rings. The van der Waals surface area contributed by atoms with Gasteiger partial charge in [0.05, 0.1) is 20.3 Å². The van der Waals surface area contributed by atoms with Crippen LogP contribution in [-0.2, 0) is 14.3 Å². The zero-order valence-electron chi connectivity index (χ0n) is 8.17. The van der Waals surface area contributed by atoms with Crippen LogP contribution < -0.4 is 11.1 Å². The molecule has 0 fully saturated rings. The van der Waals surface area contributed by atoms with Gasteiger partial charge in [-0.2, -0.15) is 0 Å². The number of hydrogen-bond acceptors (Lipinski definition) is 6. The number of amides is 1. The van der Waals surface area contributed by atoms with E-state index >= 15 is 0 Å². The highest BCUT2D eigenvalue weighted by molar-refractivity contribution is 5.87. The number of hydrogen-bond donors (Lipinski definition) is 4. The van der Waals surface area contributed by atoms with Crippen LogP contribution in [0.15, 0.2) is 0 Å². The third-order valence-corrected chi connectivity index (χ3v) is 1.52. The maximum atomic E-state index is 11.0. The molecule has 0 aliphatic heterocycles. The van der Waals surface area contributed by atoms with Gasteiger partial charge in [-0.1, -0.05) is 0 Å². The third-order valence-electron chi connectivity index (χ3n) is 1.52. The van der Waals surface area contributed by atoms with E-state index in [0.717, 1.165) is 7.11 Å². The Bertz CT molecular complexity index is 214. The summed E-state index contributed by atoms with van der Waals surface area (Å²) in [4.78, 5) is 21.9. The Hall–Kier alpha value is -0.890. The lowest BCUT2D eigenvalue weighted by Gasteiger charge is -2.15. The van der Waals surface area contributed by atoms with Crippen LogP contribution in [0.1, 0.15) is 0 Å². The summed E-state index contributed by atoms with van der Waals surface area (Å²) >= 11 is 0. The van der Waals surface area contributed by atoms with E-state index in [1.54, 1.807) is 0 Å². The van der Waals surface area contributed by atoms with Gasteiger partial charge in [0.1, 0.15) is 6.04 Å². The third kappa shape index (κ3) is 5.53. The minimum absolute atomic E-state index is 0. The number of carbonyl (C=O) groups is 2. The lowest BCUT2D eigenvalue weighted by atomic mass is 10.2. The van der Waals surface area contributed by atoms with Crippen LogP contribution in [-0.4, -0.2) is 54.5 Å². The quantitative estimate of drug-likeness (QED) is 0.392. The molecule has 0 saturated heterocycles. The van der Waals surface area contributed by atoms with Crippen LogP contribution in [0.5, 0.6) is 0 Å². The van der Waals surface area contributed by atoms with E-state index in [9.17, 15) is 9.59 Å². The van der Waals surface area contributed by atoms with Gasteiger partial charge >= 0.3 is 5.97 Å². The number of ether oxygens (including phenoxy) is 1. The molecule has 90 valence electrons. The first-order valence-electron chi connectivity index (χ1n) is 3.92. The standard InChI is InChI=1S/C7H14N2O5.ClH/c1-14-7(13)5(3-11)9-6(12)4(8)2-10;/h4-5,10-11H,2-3,8H2,1H3,(H,9,12);1H/t4-,5-;/m0./s1. The lowest BCUT2D eigenvalue weighted by Crippen LogP contribution is -2.51. The highest BCUT2D eigenvalue weighted by atomic mass is 35.5. The number of nitrogens with one attached hydrogen (secondary N) is 1. The molecule has 0 radical (unpaired) electrons. The van der Waals surface area contributed by atoms with E-state index in [0.29, 0.717) is 0 Å². The molecule has 8 heteroatoms. The van der Waals surface area contributed by atoms with E-state index in [-0.39, 0.29) is 12.4 Å². The summed E-state index contributed by atoms with van der Waals surface area (Å²) in [6.07, 6.45) is 0. The second-order valence-electron chi connectivity index (χ2n) is 2.56. The summed E-state index contributed by atoms with van der Waals surface area (Å²) in [5.41, 5.74) is 5.17. The number of methoxy groups -OCH3 is 1. The molecule has 0 aromatic heterocycles. The van der Waals surface area contributed by atoms with Crippen molar-refractivity contribution in [3.8, 4) is 0 Å². The maximum absolute atomic E-state index is 11.0. The van der Waals surface area contributed by atoms with Crippen molar-refractivity contribution in [1.82, 2.24) is 5.32 Å². The Labute approximate surface area is 93.0 Å². The molecule has 0 heterocycles. The number of nitrogens with two attached hydrogens (primary N) is 1. The van der Waals surface area contributed by atoms with Crippen molar-refractivity contribution in [2.75, 3.05) is 20.3 Å². The largest absolute Gasteiger partial charge is 0.467 e. The van der Waals surface area contributed by atoms with Crippen LogP contribution in [0, 0.1) is 0 Å². The molecule has 0 aliphatic carbocycles. The van der Waals surface area contributed by atoms with Crippen LogP contribution in [0.4, 0.5) is 0 Å². The monoisotopic (exact) mass is 242 g/mol. The fourth-order valence-electron chi connectivity index (χ4n) is 0.683. The maximum Gasteiger partial charge on any atom is 0.330 e. The highest BCUT2D eigenvalue weighted by Crippen LogP contribution is 1.88. The topological polar surface area (TPSA) is 122 Å². The second kappa shape index (κ2) is 8.42. The van der Waals surface area contributed by atoms with Crippen molar-refractivity contribution in [1.29, 1.82) is 0 Å².